The molecule has 2 saturated carbocycles. The van der Waals surface area contributed by atoms with E-state index in [-0.39, 0.29) is 0 Å². The predicted molar refractivity (Wildman–Crippen MR) is 88.0 cm³/mol. The molecule has 1 heterocycles. The van der Waals surface area contributed by atoms with Crippen molar-refractivity contribution in [3.8, 4) is 0 Å². The highest BCUT2D eigenvalue weighted by atomic mass is 15.2. The highest BCUT2D eigenvalue weighted by Gasteiger charge is 2.31. The Morgan fingerprint density at radius 3 is 2.19 bits per heavy atom. The second-order valence-corrected chi connectivity index (χ2v) is 6.73. The van der Waals surface area contributed by atoms with E-state index < -0.39 is 0 Å². The van der Waals surface area contributed by atoms with Crippen LogP contribution in [0.1, 0.15) is 50.4 Å². The second kappa shape index (κ2) is 6.20. The molecular weight excluding hydrogens is 260 g/mol. The summed E-state index contributed by atoms with van der Waals surface area (Å²) in [6.45, 7) is 6.71. The predicted octanol–water partition coefficient (Wildman–Crippen LogP) is 3.41. The quantitative estimate of drug-likeness (QED) is 0.796. The van der Waals surface area contributed by atoms with Gasteiger partial charge in [-0.3, -0.25) is 0 Å². The standard InChI is InChI=1S/C17H28N4/c1-4-5-15-19-16(18-3)12(2)17(20-15)21(10-13-6-7-13)11-14-8-9-14/h13-14H,4-11H2,1-3H3,(H,18,19,20). The Bertz CT molecular complexity index is 478. The lowest BCUT2D eigenvalue weighted by Gasteiger charge is -2.26. The van der Waals surface area contributed by atoms with Crippen molar-refractivity contribution in [2.75, 3.05) is 30.4 Å². The molecular formula is C17H28N4. The number of nitrogens with one attached hydrogen (secondary N) is 1. The fraction of sp³-hybridized carbons (Fsp3) is 0.765. The number of hydrogen-bond donors (Lipinski definition) is 1. The Balaban J connectivity index is 1.88. The van der Waals surface area contributed by atoms with Crippen molar-refractivity contribution >= 4 is 11.6 Å². The molecule has 0 aromatic carbocycles. The number of nitrogens with zero attached hydrogens (tertiary/aromatic N) is 3. The van der Waals surface area contributed by atoms with E-state index in [1.165, 1.54) is 50.2 Å². The summed E-state index contributed by atoms with van der Waals surface area (Å²) in [6, 6.07) is 0. The summed E-state index contributed by atoms with van der Waals surface area (Å²) in [7, 11) is 1.96. The van der Waals surface area contributed by atoms with Gasteiger partial charge in [-0.25, -0.2) is 9.97 Å². The number of aryl methyl sites for hydroxylation is 1. The molecule has 1 N–H and O–H groups in total. The maximum atomic E-state index is 4.91. The topological polar surface area (TPSA) is 41.1 Å². The summed E-state index contributed by atoms with van der Waals surface area (Å²) in [4.78, 5) is 12.1. The van der Waals surface area contributed by atoms with E-state index in [4.69, 9.17) is 4.98 Å². The second-order valence-electron chi connectivity index (χ2n) is 6.73. The molecule has 0 spiro atoms. The van der Waals surface area contributed by atoms with Crippen LogP contribution < -0.4 is 10.2 Å². The van der Waals surface area contributed by atoms with E-state index in [1.54, 1.807) is 0 Å². The van der Waals surface area contributed by atoms with Gasteiger partial charge in [-0.15, -0.1) is 0 Å². The molecule has 0 atom stereocenters. The van der Waals surface area contributed by atoms with Gasteiger partial charge in [0.15, 0.2) is 0 Å². The highest BCUT2D eigenvalue weighted by molar-refractivity contribution is 5.58. The fourth-order valence-electron chi connectivity index (χ4n) is 2.91. The average Bonchev–Trinajstić information content (AvgIpc) is 3.36. The Labute approximate surface area is 128 Å². The Morgan fingerprint density at radius 1 is 1.10 bits per heavy atom. The zero-order valence-corrected chi connectivity index (χ0v) is 13.7. The summed E-state index contributed by atoms with van der Waals surface area (Å²) < 4.78 is 0. The van der Waals surface area contributed by atoms with Gasteiger partial charge in [0.05, 0.1) is 0 Å². The van der Waals surface area contributed by atoms with Crippen LogP contribution in [-0.2, 0) is 6.42 Å². The monoisotopic (exact) mass is 288 g/mol. The third-order valence-electron chi connectivity index (χ3n) is 4.53. The summed E-state index contributed by atoms with van der Waals surface area (Å²) in [5.74, 6) is 4.95. The van der Waals surface area contributed by atoms with Crippen molar-refractivity contribution < 1.29 is 0 Å². The number of rotatable bonds is 8. The van der Waals surface area contributed by atoms with Crippen LogP contribution in [0, 0.1) is 18.8 Å². The van der Waals surface area contributed by atoms with E-state index in [9.17, 15) is 0 Å². The summed E-state index contributed by atoms with van der Waals surface area (Å²) in [5.41, 5.74) is 1.21. The van der Waals surface area contributed by atoms with E-state index in [2.05, 4.69) is 29.0 Å². The van der Waals surface area contributed by atoms with Gasteiger partial charge in [0.2, 0.25) is 0 Å². The van der Waals surface area contributed by atoms with E-state index in [0.717, 1.165) is 36.3 Å². The smallest absolute Gasteiger partial charge is 0.137 e. The lowest BCUT2D eigenvalue weighted by Crippen LogP contribution is -2.30. The molecule has 0 radical (unpaired) electrons. The summed E-state index contributed by atoms with van der Waals surface area (Å²) in [6.07, 6.45) is 7.63. The fourth-order valence-corrected chi connectivity index (χ4v) is 2.91. The van der Waals surface area contributed by atoms with Gasteiger partial charge >= 0.3 is 0 Å². The van der Waals surface area contributed by atoms with Crippen molar-refractivity contribution in [1.82, 2.24) is 9.97 Å². The largest absolute Gasteiger partial charge is 0.373 e. The number of anilines is 2. The molecule has 1 aromatic rings. The third-order valence-corrected chi connectivity index (χ3v) is 4.53. The lowest BCUT2D eigenvalue weighted by molar-refractivity contribution is 0.664. The molecule has 0 bridgehead atoms. The molecule has 0 unspecified atom stereocenters. The van der Waals surface area contributed by atoms with E-state index in [1.807, 2.05) is 7.05 Å². The maximum Gasteiger partial charge on any atom is 0.137 e. The van der Waals surface area contributed by atoms with Gasteiger partial charge in [-0.2, -0.15) is 0 Å². The van der Waals surface area contributed by atoms with Crippen LogP contribution in [0.25, 0.3) is 0 Å². The molecule has 0 amide bonds. The van der Waals surface area contributed by atoms with Gasteiger partial charge in [-0.1, -0.05) is 6.92 Å². The minimum Gasteiger partial charge on any atom is -0.373 e. The van der Waals surface area contributed by atoms with Gasteiger partial charge in [-0.05, 0) is 50.9 Å². The van der Waals surface area contributed by atoms with Gasteiger partial charge < -0.3 is 10.2 Å². The lowest BCUT2D eigenvalue weighted by atomic mass is 10.2. The summed E-state index contributed by atoms with van der Waals surface area (Å²) >= 11 is 0. The van der Waals surface area contributed by atoms with Crippen LogP contribution in [0.2, 0.25) is 0 Å². The van der Waals surface area contributed by atoms with Crippen molar-refractivity contribution in [2.45, 2.75) is 52.4 Å². The Hall–Kier alpha value is -1.32. The van der Waals surface area contributed by atoms with Crippen LogP contribution in [0.4, 0.5) is 11.6 Å². The molecule has 2 aliphatic rings. The first-order chi connectivity index (χ1) is 10.2. The molecule has 116 valence electrons. The zero-order chi connectivity index (χ0) is 14.8. The van der Waals surface area contributed by atoms with Gasteiger partial charge in [0.1, 0.15) is 17.5 Å². The minimum atomic E-state index is 0.894. The normalized spacial score (nSPS) is 17.9. The SMILES string of the molecule is CCCc1nc(NC)c(C)c(N(CC2CC2)CC2CC2)n1. The van der Waals surface area contributed by atoms with Crippen molar-refractivity contribution in [1.29, 1.82) is 0 Å². The van der Waals surface area contributed by atoms with Crippen LogP contribution in [0.5, 0.6) is 0 Å². The van der Waals surface area contributed by atoms with Crippen LogP contribution in [0.15, 0.2) is 0 Å². The Kier molecular flexibility index (Phi) is 4.32. The zero-order valence-electron chi connectivity index (χ0n) is 13.7. The number of hydrogen-bond acceptors (Lipinski definition) is 4. The minimum absolute atomic E-state index is 0.894. The molecule has 2 aliphatic carbocycles. The van der Waals surface area contributed by atoms with Gasteiger partial charge in [0, 0.05) is 32.1 Å². The van der Waals surface area contributed by atoms with Crippen LogP contribution >= 0.6 is 0 Å². The molecule has 1 aromatic heterocycles. The molecule has 0 saturated heterocycles. The highest BCUT2D eigenvalue weighted by Crippen LogP contribution is 2.36. The first kappa shape index (κ1) is 14.6. The maximum absolute atomic E-state index is 4.91. The molecule has 21 heavy (non-hydrogen) atoms. The van der Waals surface area contributed by atoms with Gasteiger partial charge in [0.25, 0.3) is 0 Å². The molecule has 2 fully saturated rings. The number of aromatic nitrogens is 2. The third kappa shape index (κ3) is 3.66. The van der Waals surface area contributed by atoms with Crippen molar-refractivity contribution in [2.24, 2.45) is 11.8 Å². The first-order valence-corrected chi connectivity index (χ1v) is 8.51. The average molecular weight is 288 g/mol. The summed E-state index contributed by atoms with van der Waals surface area (Å²) in [5, 5.41) is 3.25. The molecule has 4 heteroatoms. The van der Waals surface area contributed by atoms with Crippen LogP contribution in [0.3, 0.4) is 0 Å². The van der Waals surface area contributed by atoms with E-state index in [0.29, 0.717) is 0 Å². The molecule has 4 nitrogen and oxygen atoms in total. The van der Waals surface area contributed by atoms with Crippen LogP contribution in [-0.4, -0.2) is 30.1 Å². The van der Waals surface area contributed by atoms with Crippen molar-refractivity contribution in [3.05, 3.63) is 11.4 Å². The molecule has 3 rings (SSSR count). The van der Waals surface area contributed by atoms with E-state index >= 15 is 0 Å². The molecule has 0 aliphatic heterocycles. The first-order valence-electron chi connectivity index (χ1n) is 8.51. The van der Waals surface area contributed by atoms with Crippen molar-refractivity contribution in [3.63, 3.8) is 0 Å². The Morgan fingerprint density at radius 2 is 1.71 bits per heavy atom.